The lowest BCUT2D eigenvalue weighted by molar-refractivity contribution is -0.384. The second kappa shape index (κ2) is 6.27. The fourth-order valence-electron chi connectivity index (χ4n) is 2.38. The van der Waals surface area contributed by atoms with Crippen LogP contribution in [0.15, 0.2) is 23.1 Å². The molecule has 22 heavy (non-hydrogen) atoms. The van der Waals surface area contributed by atoms with E-state index in [-0.39, 0.29) is 22.3 Å². The molecule has 1 saturated heterocycles. The molecule has 1 aromatic carbocycles. The van der Waals surface area contributed by atoms with E-state index < -0.39 is 14.9 Å². The maximum atomic E-state index is 11.3. The molecule has 1 aliphatic rings. The van der Waals surface area contributed by atoms with Crippen LogP contribution in [0.25, 0.3) is 0 Å². The molecule has 0 saturated carbocycles. The van der Waals surface area contributed by atoms with E-state index >= 15 is 0 Å². The molecule has 1 heterocycles. The van der Waals surface area contributed by atoms with Gasteiger partial charge in [0.1, 0.15) is 5.69 Å². The summed E-state index contributed by atoms with van der Waals surface area (Å²) >= 11 is 0. The van der Waals surface area contributed by atoms with Crippen molar-refractivity contribution in [2.75, 3.05) is 25.0 Å². The van der Waals surface area contributed by atoms with Crippen molar-refractivity contribution >= 4 is 21.4 Å². The predicted molar refractivity (Wildman–Crippen MR) is 78.6 cm³/mol. The van der Waals surface area contributed by atoms with E-state index in [0.29, 0.717) is 13.1 Å². The molecule has 0 bridgehead atoms. The molecule has 0 spiro atoms. The summed E-state index contributed by atoms with van der Waals surface area (Å²) in [5, 5.41) is 27.8. The predicted octanol–water partition coefficient (Wildman–Crippen LogP) is 0.252. The van der Waals surface area contributed by atoms with Gasteiger partial charge in [-0.1, -0.05) is 0 Å². The number of primary sulfonamides is 1. The minimum Gasteiger partial charge on any atom is -0.375 e. The number of hydrogen-bond donors (Lipinski definition) is 2. The fraction of sp³-hybridized carbons (Fsp3) is 0.417. The van der Waals surface area contributed by atoms with Gasteiger partial charge in [0.2, 0.25) is 10.0 Å². The Balaban J connectivity index is 2.21. The number of nitrogens with two attached hydrogens (primary N) is 1. The summed E-state index contributed by atoms with van der Waals surface area (Å²) < 4.78 is 22.6. The highest BCUT2D eigenvalue weighted by atomic mass is 32.2. The largest absolute Gasteiger partial charge is 0.375 e. The summed E-state index contributed by atoms with van der Waals surface area (Å²) in [5.41, 5.74) is -0.105. The van der Waals surface area contributed by atoms with Crippen LogP contribution in [-0.4, -0.2) is 43.9 Å². The fourth-order valence-corrected chi connectivity index (χ4v) is 2.91. The van der Waals surface area contributed by atoms with Gasteiger partial charge in [0.05, 0.1) is 22.4 Å². The standard InChI is InChI=1S/C12H15N5O4S/c13-4-6-16-5-3-9(8-16)15-11-2-1-10(22(14,20)21)7-12(11)17(18)19/h1-2,7,9,15H,3,5-6,8H2,(H2,14,20,21)/t9-/m1/s1. The SMILES string of the molecule is N#CCN1CC[C@@H](Nc2ccc(S(N)(=O)=O)cc2[N+](=O)[O-])C1. The Labute approximate surface area is 127 Å². The van der Waals surface area contributed by atoms with Crippen LogP contribution in [-0.2, 0) is 10.0 Å². The van der Waals surface area contributed by atoms with Gasteiger partial charge >= 0.3 is 0 Å². The zero-order chi connectivity index (χ0) is 16.3. The van der Waals surface area contributed by atoms with Gasteiger partial charge in [0.25, 0.3) is 5.69 Å². The number of nitro benzene ring substituents is 1. The van der Waals surface area contributed by atoms with Crippen molar-refractivity contribution in [3.8, 4) is 6.07 Å². The molecule has 2 rings (SSSR count). The van der Waals surface area contributed by atoms with Gasteiger partial charge in [-0.15, -0.1) is 0 Å². The molecule has 1 atom stereocenters. The first-order valence-electron chi connectivity index (χ1n) is 6.48. The molecule has 0 aliphatic carbocycles. The van der Waals surface area contributed by atoms with Gasteiger partial charge in [-0.05, 0) is 18.6 Å². The Morgan fingerprint density at radius 3 is 2.86 bits per heavy atom. The van der Waals surface area contributed by atoms with Gasteiger partial charge in [-0.25, -0.2) is 13.6 Å². The first-order chi connectivity index (χ1) is 10.3. The monoisotopic (exact) mass is 325 g/mol. The number of anilines is 1. The number of rotatable bonds is 5. The molecular formula is C12H15N5O4S. The molecule has 0 amide bonds. The van der Waals surface area contributed by atoms with E-state index in [9.17, 15) is 18.5 Å². The van der Waals surface area contributed by atoms with Gasteiger partial charge in [0.15, 0.2) is 0 Å². The molecule has 1 aliphatic heterocycles. The molecule has 10 heteroatoms. The van der Waals surface area contributed by atoms with Gasteiger partial charge in [-0.3, -0.25) is 15.0 Å². The van der Waals surface area contributed by atoms with Crippen molar-refractivity contribution in [3.63, 3.8) is 0 Å². The number of nitrogens with one attached hydrogen (secondary N) is 1. The Hall–Kier alpha value is -2.22. The molecular weight excluding hydrogens is 310 g/mol. The zero-order valence-electron chi connectivity index (χ0n) is 11.6. The van der Waals surface area contributed by atoms with Crippen LogP contribution in [0.1, 0.15) is 6.42 Å². The maximum absolute atomic E-state index is 11.3. The Morgan fingerprint density at radius 2 is 2.27 bits per heavy atom. The number of benzene rings is 1. The van der Waals surface area contributed by atoms with Crippen molar-refractivity contribution < 1.29 is 13.3 Å². The van der Waals surface area contributed by atoms with E-state index in [1.807, 2.05) is 4.90 Å². The summed E-state index contributed by atoms with van der Waals surface area (Å²) in [5.74, 6) is 0. The average molecular weight is 325 g/mol. The van der Waals surface area contributed by atoms with Crippen molar-refractivity contribution in [3.05, 3.63) is 28.3 Å². The third-order valence-corrected chi connectivity index (χ3v) is 4.33. The maximum Gasteiger partial charge on any atom is 0.293 e. The van der Waals surface area contributed by atoms with Crippen LogP contribution >= 0.6 is 0 Å². The van der Waals surface area contributed by atoms with Crippen LogP contribution in [0.5, 0.6) is 0 Å². The molecule has 3 N–H and O–H groups in total. The number of nitriles is 1. The quantitative estimate of drug-likeness (QED) is 0.449. The van der Waals surface area contributed by atoms with E-state index in [1.54, 1.807) is 0 Å². The van der Waals surface area contributed by atoms with Crippen LogP contribution in [0.4, 0.5) is 11.4 Å². The Morgan fingerprint density at radius 1 is 1.55 bits per heavy atom. The normalized spacial score (nSPS) is 18.8. The number of nitro groups is 1. The van der Waals surface area contributed by atoms with Gasteiger partial charge in [-0.2, -0.15) is 5.26 Å². The first kappa shape index (κ1) is 16.2. The van der Waals surface area contributed by atoms with Crippen LogP contribution in [0, 0.1) is 21.4 Å². The zero-order valence-corrected chi connectivity index (χ0v) is 12.4. The highest BCUT2D eigenvalue weighted by molar-refractivity contribution is 7.89. The minimum absolute atomic E-state index is 0.0348. The van der Waals surface area contributed by atoms with Crippen molar-refractivity contribution in [1.29, 1.82) is 5.26 Å². The summed E-state index contributed by atoms with van der Waals surface area (Å²) in [6, 6.07) is 5.53. The van der Waals surface area contributed by atoms with E-state index in [4.69, 9.17) is 10.4 Å². The van der Waals surface area contributed by atoms with Gasteiger partial charge < -0.3 is 5.32 Å². The van der Waals surface area contributed by atoms with E-state index in [0.717, 1.165) is 19.0 Å². The molecule has 0 radical (unpaired) electrons. The molecule has 1 aromatic rings. The van der Waals surface area contributed by atoms with Crippen LogP contribution < -0.4 is 10.5 Å². The van der Waals surface area contributed by atoms with Crippen molar-refractivity contribution in [2.24, 2.45) is 5.14 Å². The summed E-state index contributed by atoms with van der Waals surface area (Å²) in [7, 11) is -4.00. The Kier molecular flexibility index (Phi) is 4.60. The minimum atomic E-state index is -4.00. The number of nitrogens with zero attached hydrogens (tertiary/aromatic N) is 3. The molecule has 9 nitrogen and oxygen atoms in total. The number of sulfonamides is 1. The average Bonchev–Trinajstić information content (AvgIpc) is 2.85. The molecule has 1 fully saturated rings. The molecule has 0 unspecified atom stereocenters. The highest BCUT2D eigenvalue weighted by Gasteiger charge is 2.25. The lowest BCUT2D eigenvalue weighted by Gasteiger charge is -2.15. The topological polar surface area (TPSA) is 142 Å². The van der Waals surface area contributed by atoms with Crippen LogP contribution in [0.3, 0.4) is 0 Å². The lowest BCUT2D eigenvalue weighted by Crippen LogP contribution is -2.26. The molecule has 0 aromatic heterocycles. The van der Waals surface area contributed by atoms with Crippen molar-refractivity contribution in [2.45, 2.75) is 17.4 Å². The smallest absolute Gasteiger partial charge is 0.293 e. The first-order valence-corrected chi connectivity index (χ1v) is 8.03. The van der Waals surface area contributed by atoms with Gasteiger partial charge in [0, 0.05) is 25.2 Å². The van der Waals surface area contributed by atoms with Crippen molar-refractivity contribution in [1.82, 2.24) is 4.90 Å². The van der Waals surface area contributed by atoms with E-state index in [1.165, 1.54) is 12.1 Å². The highest BCUT2D eigenvalue weighted by Crippen LogP contribution is 2.29. The third kappa shape index (κ3) is 3.70. The number of hydrogen-bond acceptors (Lipinski definition) is 7. The third-order valence-electron chi connectivity index (χ3n) is 3.42. The second-order valence-electron chi connectivity index (χ2n) is 5.00. The summed E-state index contributed by atoms with van der Waals surface area (Å²) in [4.78, 5) is 12.1. The lowest BCUT2D eigenvalue weighted by atomic mass is 10.2. The Bertz CT molecular complexity index is 728. The number of likely N-dealkylation sites (tertiary alicyclic amines) is 1. The van der Waals surface area contributed by atoms with Crippen LogP contribution in [0.2, 0.25) is 0 Å². The van der Waals surface area contributed by atoms with E-state index in [2.05, 4.69) is 11.4 Å². The summed E-state index contributed by atoms with van der Waals surface area (Å²) in [6.45, 7) is 1.64. The second-order valence-corrected chi connectivity index (χ2v) is 6.57. The molecule has 118 valence electrons. The summed E-state index contributed by atoms with van der Waals surface area (Å²) in [6.07, 6.45) is 0.746.